The Morgan fingerprint density at radius 3 is 2.46 bits per heavy atom. The first kappa shape index (κ1) is 18.9. The molecule has 2 fully saturated rings. The molecule has 1 amide bonds. The highest BCUT2D eigenvalue weighted by Gasteiger charge is 2.25. The van der Waals surface area contributed by atoms with Gasteiger partial charge in [0.15, 0.2) is 0 Å². The molecule has 2 aliphatic rings. The summed E-state index contributed by atoms with van der Waals surface area (Å²) < 4.78 is 5.39. The molecule has 0 N–H and O–H groups in total. The van der Waals surface area contributed by atoms with Crippen molar-refractivity contribution in [3.05, 3.63) is 48.2 Å². The lowest BCUT2D eigenvalue weighted by Crippen LogP contribution is -2.49. The third-order valence-electron chi connectivity index (χ3n) is 6.05. The van der Waals surface area contributed by atoms with Crippen molar-refractivity contribution >= 4 is 5.91 Å². The molecule has 148 valence electrons. The number of amides is 1. The molecule has 1 aromatic heterocycles. The zero-order valence-corrected chi connectivity index (χ0v) is 16.6. The van der Waals surface area contributed by atoms with Crippen LogP contribution in [0.3, 0.4) is 0 Å². The van der Waals surface area contributed by atoms with Crippen molar-refractivity contribution in [2.24, 2.45) is 5.92 Å². The molecular formula is C23H29N3O2. The van der Waals surface area contributed by atoms with E-state index in [9.17, 15) is 4.79 Å². The molecule has 0 bridgehead atoms. The molecule has 5 nitrogen and oxygen atoms in total. The van der Waals surface area contributed by atoms with Crippen molar-refractivity contribution in [2.75, 3.05) is 39.8 Å². The fourth-order valence-electron chi connectivity index (χ4n) is 4.42. The van der Waals surface area contributed by atoms with E-state index in [2.05, 4.69) is 9.88 Å². The highest BCUT2D eigenvalue weighted by molar-refractivity contribution is 5.94. The van der Waals surface area contributed by atoms with E-state index < -0.39 is 0 Å². The molecule has 1 aliphatic heterocycles. The number of rotatable bonds is 5. The quantitative estimate of drug-likeness (QED) is 0.795. The van der Waals surface area contributed by atoms with Crippen LogP contribution < -0.4 is 4.74 Å². The lowest BCUT2D eigenvalue weighted by atomic mass is 10.1. The molecule has 28 heavy (non-hydrogen) atoms. The second-order valence-electron chi connectivity index (χ2n) is 7.87. The van der Waals surface area contributed by atoms with E-state index in [4.69, 9.17) is 4.74 Å². The van der Waals surface area contributed by atoms with E-state index in [1.54, 1.807) is 13.3 Å². The lowest BCUT2D eigenvalue weighted by Gasteiger charge is -2.36. The zero-order valence-electron chi connectivity index (χ0n) is 16.6. The summed E-state index contributed by atoms with van der Waals surface area (Å²) in [6, 6.07) is 11.5. The molecule has 2 aromatic rings. The maximum atomic E-state index is 12.9. The van der Waals surface area contributed by atoms with Crippen LogP contribution in [0, 0.1) is 5.92 Å². The van der Waals surface area contributed by atoms with Crippen LogP contribution in [0.5, 0.6) is 5.75 Å². The summed E-state index contributed by atoms with van der Waals surface area (Å²) in [5.74, 6) is 1.73. The molecule has 2 heterocycles. The van der Waals surface area contributed by atoms with Crippen LogP contribution in [0.1, 0.15) is 36.0 Å². The first-order valence-electron chi connectivity index (χ1n) is 10.4. The van der Waals surface area contributed by atoms with E-state index in [0.717, 1.165) is 54.7 Å². The number of carbonyl (C=O) groups excluding carboxylic acids is 1. The zero-order chi connectivity index (χ0) is 19.3. The standard InChI is InChI=1S/C23H29N3O2/c1-28-21-7-4-12-24-22(21)19-8-10-20(11-9-19)23(27)26-15-13-25(14-16-26)17-18-5-2-3-6-18/h4,7-12,18H,2-3,5-6,13-17H2,1H3. The Bertz CT molecular complexity index is 792. The highest BCUT2D eigenvalue weighted by atomic mass is 16.5. The van der Waals surface area contributed by atoms with Crippen molar-refractivity contribution in [2.45, 2.75) is 25.7 Å². The Morgan fingerprint density at radius 2 is 1.79 bits per heavy atom. The maximum absolute atomic E-state index is 12.9. The van der Waals surface area contributed by atoms with Gasteiger partial charge in [-0.2, -0.15) is 0 Å². The molecule has 0 atom stereocenters. The number of benzene rings is 1. The highest BCUT2D eigenvalue weighted by Crippen LogP contribution is 2.28. The second-order valence-corrected chi connectivity index (χ2v) is 7.87. The predicted molar refractivity (Wildman–Crippen MR) is 111 cm³/mol. The Hall–Kier alpha value is -2.40. The van der Waals surface area contributed by atoms with Crippen molar-refractivity contribution in [3.63, 3.8) is 0 Å². The number of methoxy groups -OCH3 is 1. The Balaban J connectivity index is 1.36. The minimum absolute atomic E-state index is 0.125. The largest absolute Gasteiger partial charge is 0.494 e. The monoisotopic (exact) mass is 379 g/mol. The van der Waals surface area contributed by atoms with Gasteiger partial charge >= 0.3 is 0 Å². The van der Waals surface area contributed by atoms with Crippen LogP contribution in [0.2, 0.25) is 0 Å². The molecule has 1 aliphatic carbocycles. The van der Waals surface area contributed by atoms with Gasteiger partial charge in [0, 0.05) is 50.0 Å². The fraction of sp³-hybridized carbons (Fsp3) is 0.478. The van der Waals surface area contributed by atoms with Gasteiger partial charge in [-0.3, -0.25) is 14.7 Å². The van der Waals surface area contributed by atoms with Gasteiger partial charge in [-0.05, 0) is 43.0 Å². The van der Waals surface area contributed by atoms with Crippen LogP contribution in [0.4, 0.5) is 0 Å². The van der Waals surface area contributed by atoms with E-state index in [-0.39, 0.29) is 5.91 Å². The average molecular weight is 380 g/mol. The van der Waals surface area contributed by atoms with Gasteiger partial charge in [0.05, 0.1) is 7.11 Å². The number of carbonyl (C=O) groups is 1. The third kappa shape index (κ3) is 4.20. The molecule has 0 spiro atoms. The molecule has 4 rings (SSSR count). The summed E-state index contributed by atoms with van der Waals surface area (Å²) in [4.78, 5) is 21.8. The average Bonchev–Trinajstić information content (AvgIpc) is 3.27. The number of piperazine rings is 1. The summed E-state index contributed by atoms with van der Waals surface area (Å²) in [6.45, 7) is 4.84. The number of pyridine rings is 1. The van der Waals surface area contributed by atoms with Crippen molar-refractivity contribution in [1.82, 2.24) is 14.8 Å². The Kier molecular flexibility index (Phi) is 5.91. The van der Waals surface area contributed by atoms with E-state index >= 15 is 0 Å². The van der Waals surface area contributed by atoms with Crippen LogP contribution in [-0.4, -0.2) is 60.5 Å². The molecule has 1 aromatic carbocycles. The SMILES string of the molecule is COc1cccnc1-c1ccc(C(=O)N2CCN(CC3CCCC3)CC2)cc1. The first-order valence-corrected chi connectivity index (χ1v) is 10.4. The molecule has 5 heteroatoms. The Labute approximate surface area is 167 Å². The number of hydrogen-bond donors (Lipinski definition) is 0. The Morgan fingerprint density at radius 1 is 1.07 bits per heavy atom. The number of hydrogen-bond acceptors (Lipinski definition) is 4. The van der Waals surface area contributed by atoms with Gasteiger partial charge in [-0.15, -0.1) is 0 Å². The van der Waals surface area contributed by atoms with E-state index in [0.29, 0.717) is 0 Å². The molecule has 0 radical (unpaired) electrons. The molecule has 1 saturated heterocycles. The summed E-state index contributed by atoms with van der Waals surface area (Å²) in [5, 5.41) is 0. The lowest BCUT2D eigenvalue weighted by molar-refractivity contribution is 0.0618. The third-order valence-corrected chi connectivity index (χ3v) is 6.05. The second kappa shape index (κ2) is 8.74. The minimum atomic E-state index is 0.125. The van der Waals surface area contributed by atoms with Crippen LogP contribution in [-0.2, 0) is 0 Å². The summed E-state index contributed by atoms with van der Waals surface area (Å²) in [7, 11) is 1.64. The van der Waals surface area contributed by atoms with Crippen LogP contribution in [0.25, 0.3) is 11.3 Å². The predicted octanol–water partition coefficient (Wildman–Crippen LogP) is 3.71. The first-order chi connectivity index (χ1) is 13.7. The summed E-state index contributed by atoms with van der Waals surface area (Å²) >= 11 is 0. The van der Waals surface area contributed by atoms with Gasteiger partial charge < -0.3 is 9.64 Å². The topological polar surface area (TPSA) is 45.7 Å². The van der Waals surface area contributed by atoms with Crippen molar-refractivity contribution < 1.29 is 9.53 Å². The minimum Gasteiger partial charge on any atom is -0.494 e. The van der Waals surface area contributed by atoms with Gasteiger partial charge in [0.25, 0.3) is 5.91 Å². The summed E-state index contributed by atoms with van der Waals surface area (Å²) in [6.07, 6.45) is 7.30. The van der Waals surface area contributed by atoms with Gasteiger partial charge in [-0.25, -0.2) is 0 Å². The maximum Gasteiger partial charge on any atom is 0.253 e. The smallest absolute Gasteiger partial charge is 0.253 e. The van der Waals surface area contributed by atoms with E-state index in [1.807, 2.05) is 41.3 Å². The molecule has 0 unspecified atom stereocenters. The normalized spacial score (nSPS) is 18.4. The number of ether oxygens (including phenoxy) is 1. The summed E-state index contributed by atoms with van der Waals surface area (Å²) in [5.41, 5.74) is 2.49. The number of nitrogens with zero attached hydrogens (tertiary/aromatic N) is 3. The van der Waals surface area contributed by atoms with Crippen LogP contribution in [0.15, 0.2) is 42.6 Å². The van der Waals surface area contributed by atoms with Gasteiger partial charge in [-0.1, -0.05) is 25.0 Å². The van der Waals surface area contributed by atoms with Gasteiger partial charge in [0.2, 0.25) is 0 Å². The fourth-order valence-corrected chi connectivity index (χ4v) is 4.42. The van der Waals surface area contributed by atoms with E-state index in [1.165, 1.54) is 32.2 Å². The van der Waals surface area contributed by atoms with Crippen LogP contribution >= 0.6 is 0 Å². The van der Waals surface area contributed by atoms with Crippen molar-refractivity contribution in [3.8, 4) is 17.0 Å². The molecule has 1 saturated carbocycles. The van der Waals surface area contributed by atoms with Crippen molar-refractivity contribution in [1.29, 1.82) is 0 Å². The van der Waals surface area contributed by atoms with Gasteiger partial charge in [0.1, 0.15) is 11.4 Å². The number of aromatic nitrogens is 1. The molecular weight excluding hydrogens is 350 g/mol.